The van der Waals surface area contributed by atoms with Crippen LogP contribution in [0.15, 0.2) is 35.5 Å². The Morgan fingerprint density at radius 1 is 1.40 bits per heavy atom. The van der Waals surface area contributed by atoms with Crippen LogP contribution >= 0.6 is 24.0 Å². The first-order chi connectivity index (χ1) is 9.25. The SMILES string of the molecule is CN(C(N)=NCCc1c[nH]c2ccccc12)C1CC1.I. The Balaban J connectivity index is 0.00000147. The number of H-pyrrole nitrogens is 1. The molecule has 0 atom stereocenters. The van der Waals surface area contributed by atoms with Gasteiger partial charge in [-0.2, -0.15) is 0 Å². The van der Waals surface area contributed by atoms with Crippen molar-refractivity contribution in [2.24, 2.45) is 10.7 Å². The number of nitrogens with one attached hydrogen (secondary N) is 1. The third-order valence-corrected chi connectivity index (χ3v) is 3.79. The van der Waals surface area contributed by atoms with Crippen molar-refractivity contribution >= 4 is 40.8 Å². The van der Waals surface area contributed by atoms with Gasteiger partial charge in [0.25, 0.3) is 0 Å². The molecule has 1 aliphatic carbocycles. The van der Waals surface area contributed by atoms with Gasteiger partial charge in [0.1, 0.15) is 0 Å². The molecular formula is C15H21IN4. The summed E-state index contributed by atoms with van der Waals surface area (Å²) in [6, 6.07) is 8.97. The quantitative estimate of drug-likeness (QED) is 0.484. The molecule has 0 aliphatic heterocycles. The number of rotatable bonds is 4. The number of nitrogens with zero attached hydrogens (tertiary/aromatic N) is 2. The zero-order valence-electron chi connectivity index (χ0n) is 11.7. The first kappa shape index (κ1) is 15.2. The van der Waals surface area contributed by atoms with E-state index in [9.17, 15) is 0 Å². The lowest BCUT2D eigenvalue weighted by molar-refractivity contribution is 0.487. The maximum Gasteiger partial charge on any atom is 0.191 e. The highest BCUT2D eigenvalue weighted by atomic mass is 127. The van der Waals surface area contributed by atoms with Crippen molar-refractivity contribution in [3.8, 4) is 0 Å². The Bertz CT molecular complexity index is 601. The van der Waals surface area contributed by atoms with E-state index in [1.165, 1.54) is 29.3 Å². The van der Waals surface area contributed by atoms with Crippen LogP contribution in [0.4, 0.5) is 0 Å². The molecule has 0 bridgehead atoms. The van der Waals surface area contributed by atoms with Gasteiger partial charge < -0.3 is 15.6 Å². The van der Waals surface area contributed by atoms with Crippen LogP contribution in [0.25, 0.3) is 10.9 Å². The Hall–Kier alpha value is -1.24. The lowest BCUT2D eigenvalue weighted by Gasteiger charge is -2.16. The summed E-state index contributed by atoms with van der Waals surface area (Å²) in [6.45, 7) is 0.741. The Morgan fingerprint density at radius 2 is 2.15 bits per heavy atom. The first-order valence-electron chi connectivity index (χ1n) is 6.83. The number of hydrogen-bond acceptors (Lipinski definition) is 1. The van der Waals surface area contributed by atoms with E-state index in [2.05, 4.69) is 39.3 Å². The second-order valence-corrected chi connectivity index (χ2v) is 5.19. The number of aromatic nitrogens is 1. The fraction of sp³-hybridized carbons (Fsp3) is 0.400. The van der Waals surface area contributed by atoms with Crippen LogP contribution in [0.3, 0.4) is 0 Å². The molecule has 20 heavy (non-hydrogen) atoms. The van der Waals surface area contributed by atoms with Crippen molar-refractivity contribution in [1.29, 1.82) is 0 Å². The minimum atomic E-state index is 0. The number of halogens is 1. The van der Waals surface area contributed by atoms with Crippen LogP contribution in [0.1, 0.15) is 18.4 Å². The number of benzene rings is 1. The van der Waals surface area contributed by atoms with Gasteiger partial charge in [-0.1, -0.05) is 18.2 Å². The molecule has 1 aliphatic rings. The first-order valence-corrected chi connectivity index (χ1v) is 6.83. The van der Waals surface area contributed by atoms with E-state index in [-0.39, 0.29) is 24.0 Å². The highest BCUT2D eigenvalue weighted by Crippen LogP contribution is 2.25. The normalized spacial score (nSPS) is 15.2. The van der Waals surface area contributed by atoms with E-state index in [1.54, 1.807) is 0 Å². The van der Waals surface area contributed by atoms with E-state index in [0.717, 1.165) is 13.0 Å². The van der Waals surface area contributed by atoms with Crippen molar-refractivity contribution in [3.63, 3.8) is 0 Å². The van der Waals surface area contributed by atoms with Crippen LogP contribution in [0.2, 0.25) is 0 Å². The highest BCUT2D eigenvalue weighted by molar-refractivity contribution is 14.0. The summed E-state index contributed by atoms with van der Waals surface area (Å²) in [5, 5.41) is 1.28. The Kier molecular flexibility index (Phi) is 4.91. The number of nitrogens with two attached hydrogens (primary N) is 1. The average molecular weight is 384 g/mol. The lowest BCUT2D eigenvalue weighted by Crippen LogP contribution is -2.35. The van der Waals surface area contributed by atoms with Gasteiger partial charge in [-0.15, -0.1) is 24.0 Å². The summed E-state index contributed by atoms with van der Waals surface area (Å²) < 4.78 is 0. The molecule has 108 valence electrons. The molecule has 1 aromatic heterocycles. The van der Waals surface area contributed by atoms with Gasteiger partial charge in [0, 0.05) is 36.7 Å². The van der Waals surface area contributed by atoms with E-state index in [4.69, 9.17) is 5.73 Å². The molecule has 1 fully saturated rings. The second kappa shape index (κ2) is 6.47. The molecule has 0 amide bonds. The average Bonchev–Trinajstić information content (AvgIpc) is 3.20. The van der Waals surface area contributed by atoms with E-state index < -0.39 is 0 Å². The fourth-order valence-electron chi connectivity index (χ4n) is 2.39. The molecule has 5 heteroatoms. The minimum absolute atomic E-state index is 0. The van der Waals surface area contributed by atoms with Gasteiger partial charge in [0.2, 0.25) is 0 Å². The summed E-state index contributed by atoms with van der Waals surface area (Å²) in [4.78, 5) is 9.85. The number of aliphatic imine (C=N–C) groups is 1. The number of hydrogen-bond donors (Lipinski definition) is 2. The molecule has 0 radical (unpaired) electrons. The molecule has 4 nitrogen and oxygen atoms in total. The Morgan fingerprint density at radius 3 is 2.90 bits per heavy atom. The van der Waals surface area contributed by atoms with Crippen LogP contribution in [-0.2, 0) is 6.42 Å². The molecule has 3 rings (SSSR count). The molecule has 0 unspecified atom stereocenters. The van der Waals surface area contributed by atoms with Crippen molar-refractivity contribution in [3.05, 3.63) is 36.0 Å². The maximum absolute atomic E-state index is 5.98. The van der Waals surface area contributed by atoms with Gasteiger partial charge in [-0.05, 0) is 30.9 Å². The molecule has 1 aromatic carbocycles. The zero-order valence-corrected chi connectivity index (χ0v) is 14.0. The zero-order chi connectivity index (χ0) is 13.2. The number of guanidine groups is 1. The predicted molar refractivity (Wildman–Crippen MR) is 94.7 cm³/mol. The van der Waals surface area contributed by atoms with Gasteiger partial charge in [0.05, 0.1) is 0 Å². The summed E-state index contributed by atoms with van der Waals surface area (Å²) in [5.41, 5.74) is 8.47. The monoisotopic (exact) mass is 384 g/mol. The Labute approximate surface area is 136 Å². The van der Waals surface area contributed by atoms with Crippen LogP contribution in [0.5, 0.6) is 0 Å². The molecule has 0 saturated heterocycles. The minimum Gasteiger partial charge on any atom is -0.370 e. The standard InChI is InChI=1S/C15H20N4.HI/c1-19(12-6-7-12)15(16)17-9-8-11-10-18-14-5-3-2-4-13(11)14;/h2-5,10,12,18H,6-9H2,1H3,(H2,16,17);1H. The van der Waals surface area contributed by atoms with Gasteiger partial charge >= 0.3 is 0 Å². The largest absolute Gasteiger partial charge is 0.370 e. The van der Waals surface area contributed by atoms with Gasteiger partial charge in [0.15, 0.2) is 5.96 Å². The lowest BCUT2D eigenvalue weighted by atomic mass is 10.1. The van der Waals surface area contributed by atoms with E-state index in [0.29, 0.717) is 12.0 Å². The van der Waals surface area contributed by atoms with Gasteiger partial charge in [-0.25, -0.2) is 0 Å². The van der Waals surface area contributed by atoms with E-state index in [1.807, 2.05) is 13.1 Å². The van der Waals surface area contributed by atoms with Crippen LogP contribution in [0, 0.1) is 0 Å². The summed E-state index contributed by atoms with van der Waals surface area (Å²) in [6.07, 6.45) is 5.48. The topological polar surface area (TPSA) is 57.4 Å². The van der Waals surface area contributed by atoms with Crippen LogP contribution in [-0.4, -0.2) is 35.5 Å². The molecule has 0 spiro atoms. The fourth-order valence-corrected chi connectivity index (χ4v) is 2.39. The summed E-state index contributed by atoms with van der Waals surface area (Å²) >= 11 is 0. The molecular weight excluding hydrogens is 363 g/mol. The number of fused-ring (bicyclic) bond motifs is 1. The molecule has 1 saturated carbocycles. The molecule has 1 heterocycles. The van der Waals surface area contributed by atoms with Crippen molar-refractivity contribution in [2.45, 2.75) is 25.3 Å². The predicted octanol–water partition coefficient (Wildman–Crippen LogP) is 2.74. The highest BCUT2D eigenvalue weighted by Gasteiger charge is 2.27. The summed E-state index contributed by atoms with van der Waals surface area (Å²) in [7, 11) is 2.03. The number of aromatic amines is 1. The van der Waals surface area contributed by atoms with E-state index >= 15 is 0 Å². The molecule has 3 N–H and O–H groups in total. The maximum atomic E-state index is 5.98. The summed E-state index contributed by atoms with van der Waals surface area (Å²) in [5.74, 6) is 0.669. The van der Waals surface area contributed by atoms with Crippen molar-refractivity contribution < 1.29 is 0 Å². The third kappa shape index (κ3) is 3.26. The molecule has 2 aromatic rings. The smallest absolute Gasteiger partial charge is 0.191 e. The number of para-hydroxylation sites is 1. The van der Waals surface area contributed by atoms with Crippen LogP contribution < -0.4 is 5.73 Å². The van der Waals surface area contributed by atoms with Gasteiger partial charge in [-0.3, -0.25) is 4.99 Å². The second-order valence-electron chi connectivity index (χ2n) is 5.19. The van der Waals surface area contributed by atoms with Crippen molar-refractivity contribution in [1.82, 2.24) is 9.88 Å². The third-order valence-electron chi connectivity index (χ3n) is 3.79. The van der Waals surface area contributed by atoms with Crippen molar-refractivity contribution in [2.75, 3.05) is 13.6 Å².